The Morgan fingerprint density at radius 1 is 1.00 bits per heavy atom. The number of hydrogen-bond acceptors (Lipinski definition) is 10. The van der Waals surface area contributed by atoms with Gasteiger partial charge in [0.15, 0.2) is 0 Å². The maximum Gasteiger partial charge on any atom is 0.421 e. The zero-order valence-corrected chi connectivity index (χ0v) is 25.3. The molecule has 11 nitrogen and oxygen atoms in total. The molecule has 1 aliphatic rings. The second kappa shape index (κ2) is 13.2. The summed E-state index contributed by atoms with van der Waals surface area (Å²) in [6.07, 6.45) is -4.14. The van der Waals surface area contributed by atoms with Crippen LogP contribution in [0.15, 0.2) is 36.5 Å². The van der Waals surface area contributed by atoms with E-state index in [9.17, 15) is 22.5 Å². The molecule has 0 unspecified atom stereocenters. The number of halogens is 3. The van der Waals surface area contributed by atoms with Crippen LogP contribution in [0.5, 0.6) is 11.5 Å². The predicted octanol–water partition coefficient (Wildman–Crippen LogP) is 6.74. The number of methoxy groups -OCH3 is 1. The Balaban J connectivity index is 1.68. The Hall–Kier alpha value is -3.87. The van der Waals surface area contributed by atoms with E-state index in [2.05, 4.69) is 20.6 Å². The summed E-state index contributed by atoms with van der Waals surface area (Å²) in [5.74, 6) is -0.294. The SMILES string of the molecule is CCOc1ccc(Nc2nc(Nc3ccc(CP(=O)(OCC)OCC)cc3OC)ncc2C(F)(F)F)c2c1CN(C)C2=O. The summed E-state index contributed by atoms with van der Waals surface area (Å²) in [4.78, 5) is 22.4. The number of alkyl halides is 3. The van der Waals surface area contributed by atoms with E-state index < -0.39 is 25.2 Å². The minimum absolute atomic E-state index is 0.00349. The van der Waals surface area contributed by atoms with Crippen molar-refractivity contribution in [1.29, 1.82) is 0 Å². The van der Waals surface area contributed by atoms with Gasteiger partial charge >= 0.3 is 13.8 Å². The summed E-state index contributed by atoms with van der Waals surface area (Å²) < 4.78 is 76.8. The Bertz CT molecular complexity index is 1530. The monoisotopic (exact) mass is 623 g/mol. The van der Waals surface area contributed by atoms with Crippen LogP contribution in [0.1, 0.15) is 47.8 Å². The van der Waals surface area contributed by atoms with Crippen molar-refractivity contribution in [3.05, 3.63) is 58.8 Å². The van der Waals surface area contributed by atoms with Crippen molar-refractivity contribution >= 4 is 36.6 Å². The van der Waals surface area contributed by atoms with E-state index in [0.29, 0.717) is 41.1 Å². The first-order valence-corrected chi connectivity index (χ1v) is 15.2. The van der Waals surface area contributed by atoms with E-state index in [1.54, 1.807) is 52.1 Å². The molecule has 4 rings (SSSR count). The zero-order valence-electron chi connectivity index (χ0n) is 24.4. The van der Waals surface area contributed by atoms with Crippen molar-refractivity contribution in [1.82, 2.24) is 14.9 Å². The third-order valence-electron chi connectivity index (χ3n) is 6.41. The van der Waals surface area contributed by atoms with Gasteiger partial charge in [-0.05, 0) is 50.6 Å². The second-order valence-corrected chi connectivity index (χ2v) is 11.5. The number of hydrogen-bond donors (Lipinski definition) is 2. The van der Waals surface area contributed by atoms with Crippen LogP contribution < -0.4 is 20.1 Å². The number of nitrogens with zero attached hydrogens (tertiary/aromatic N) is 3. The number of carbonyl (C=O) groups excluding carboxylic acids is 1. The number of nitrogens with one attached hydrogen (secondary N) is 2. The van der Waals surface area contributed by atoms with Crippen molar-refractivity contribution in [3.8, 4) is 11.5 Å². The maximum atomic E-state index is 14.0. The van der Waals surface area contributed by atoms with Crippen LogP contribution in [0.3, 0.4) is 0 Å². The third kappa shape index (κ3) is 7.20. The average Bonchev–Trinajstić information content (AvgIpc) is 3.25. The summed E-state index contributed by atoms with van der Waals surface area (Å²) in [6.45, 7) is 6.26. The van der Waals surface area contributed by atoms with Crippen molar-refractivity contribution in [2.75, 3.05) is 44.6 Å². The molecule has 0 aliphatic carbocycles. The summed E-state index contributed by atoms with van der Waals surface area (Å²) in [5.41, 5.74) is 0.759. The standard InChI is InChI=1S/C28H33F3N5O6P/c1-6-40-22-12-11-21(24-18(22)15-36(4)26(24)37)33-25-19(28(29,30)31)14-32-27(35-25)34-20-10-9-17(13-23(20)39-5)16-43(38,41-7-2)42-8-3/h9-14H,6-8,15-16H2,1-5H3,(H2,32,33,34,35). The fourth-order valence-corrected chi connectivity index (χ4v) is 6.29. The highest BCUT2D eigenvalue weighted by Gasteiger charge is 2.37. The van der Waals surface area contributed by atoms with Crippen LogP contribution >= 0.6 is 7.60 Å². The van der Waals surface area contributed by atoms with Crippen LogP contribution in [0, 0.1) is 0 Å². The van der Waals surface area contributed by atoms with Gasteiger partial charge in [0.1, 0.15) is 22.9 Å². The lowest BCUT2D eigenvalue weighted by molar-refractivity contribution is -0.137. The maximum absolute atomic E-state index is 14.0. The number of carbonyl (C=O) groups is 1. The lowest BCUT2D eigenvalue weighted by Crippen LogP contribution is -2.18. The fraction of sp³-hybridized carbons (Fsp3) is 0.393. The van der Waals surface area contributed by atoms with Crippen LogP contribution in [-0.2, 0) is 32.5 Å². The molecule has 0 saturated carbocycles. The second-order valence-electron chi connectivity index (χ2n) is 9.40. The largest absolute Gasteiger partial charge is 0.495 e. The van der Waals surface area contributed by atoms with Gasteiger partial charge in [-0.1, -0.05) is 6.07 Å². The normalized spacial score (nSPS) is 13.2. The summed E-state index contributed by atoms with van der Waals surface area (Å²) in [7, 11) is -0.376. The molecule has 1 aromatic heterocycles. The predicted molar refractivity (Wildman–Crippen MR) is 155 cm³/mol. The summed E-state index contributed by atoms with van der Waals surface area (Å²) >= 11 is 0. The highest BCUT2D eigenvalue weighted by molar-refractivity contribution is 7.53. The van der Waals surface area contributed by atoms with E-state index in [0.717, 1.165) is 0 Å². The minimum atomic E-state index is -4.79. The molecule has 0 fully saturated rings. The zero-order chi connectivity index (χ0) is 31.4. The number of anilines is 4. The van der Waals surface area contributed by atoms with Gasteiger partial charge in [-0.3, -0.25) is 9.36 Å². The van der Waals surface area contributed by atoms with Crippen molar-refractivity contribution < 1.29 is 41.1 Å². The fourth-order valence-electron chi connectivity index (χ4n) is 4.60. The first-order valence-electron chi connectivity index (χ1n) is 13.5. The topological polar surface area (TPSA) is 124 Å². The van der Waals surface area contributed by atoms with Gasteiger partial charge in [0.2, 0.25) is 5.95 Å². The van der Waals surface area contributed by atoms with Gasteiger partial charge in [-0.2, -0.15) is 18.2 Å². The highest BCUT2D eigenvalue weighted by atomic mass is 31.2. The molecule has 0 saturated heterocycles. The molecular formula is C28H33F3N5O6P. The molecule has 1 aliphatic heterocycles. The number of aromatic nitrogens is 2. The molecule has 0 radical (unpaired) electrons. The first kappa shape index (κ1) is 32.1. The smallest absolute Gasteiger partial charge is 0.421 e. The summed E-state index contributed by atoms with van der Waals surface area (Å²) in [6, 6.07) is 7.96. The van der Waals surface area contributed by atoms with Crippen molar-refractivity contribution in [3.63, 3.8) is 0 Å². The van der Waals surface area contributed by atoms with E-state index in [1.165, 1.54) is 18.1 Å². The third-order valence-corrected chi connectivity index (χ3v) is 8.47. The van der Waals surface area contributed by atoms with Gasteiger partial charge in [-0.15, -0.1) is 0 Å². The molecule has 1 amide bonds. The quantitative estimate of drug-likeness (QED) is 0.198. The van der Waals surface area contributed by atoms with Gasteiger partial charge < -0.3 is 34.1 Å². The lowest BCUT2D eigenvalue weighted by atomic mass is 10.1. The first-order chi connectivity index (χ1) is 20.4. The van der Waals surface area contributed by atoms with Gasteiger partial charge in [0.25, 0.3) is 5.91 Å². The lowest BCUT2D eigenvalue weighted by Gasteiger charge is -2.19. The molecule has 3 aromatic rings. The molecule has 232 valence electrons. The van der Waals surface area contributed by atoms with Gasteiger partial charge in [0.05, 0.1) is 56.6 Å². The molecule has 0 atom stereocenters. The van der Waals surface area contributed by atoms with E-state index >= 15 is 0 Å². The van der Waals surface area contributed by atoms with Crippen LogP contribution in [0.2, 0.25) is 0 Å². The number of fused-ring (bicyclic) bond motifs is 1. The van der Waals surface area contributed by atoms with Crippen molar-refractivity contribution in [2.24, 2.45) is 0 Å². The number of ether oxygens (including phenoxy) is 2. The Labute approximate surface area is 247 Å². The highest BCUT2D eigenvalue weighted by Crippen LogP contribution is 2.51. The van der Waals surface area contributed by atoms with Crippen LogP contribution in [0.4, 0.5) is 36.3 Å². The van der Waals surface area contributed by atoms with E-state index in [4.69, 9.17) is 18.5 Å². The molecule has 2 heterocycles. The van der Waals surface area contributed by atoms with Crippen LogP contribution in [-0.4, -0.2) is 54.8 Å². The Morgan fingerprint density at radius 2 is 1.70 bits per heavy atom. The van der Waals surface area contributed by atoms with Gasteiger partial charge in [-0.25, -0.2) is 4.98 Å². The molecule has 0 bridgehead atoms. The molecular weight excluding hydrogens is 590 g/mol. The number of benzene rings is 2. The van der Waals surface area contributed by atoms with Gasteiger partial charge in [0, 0.05) is 18.8 Å². The van der Waals surface area contributed by atoms with Crippen molar-refractivity contribution in [2.45, 2.75) is 39.7 Å². The molecule has 2 aromatic carbocycles. The average molecular weight is 624 g/mol. The Kier molecular flexibility index (Phi) is 9.83. The minimum Gasteiger partial charge on any atom is -0.495 e. The molecule has 2 N–H and O–H groups in total. The molecule has 43 heavy (non-hydrogen) atoms. The molecule has 15 heteroatoms. The van der Waals surface area contributed by atoms with E-state index in [1.807, 2.05) is 0 Å². The molecule has 0 spiro atoms. The van der Waals surface area contributed by atoms with E-state index in [-0.39, 0.29) is 49.0 Å². The van der Waals surface area contributed by atoms with Crippen LogP contribution in [0.25, 0.3) is 0 Å². The number of rotatable bonds is 13. The Morgan fingerprint density at radius 3 is 2.33 bits per heavy atom. The number of amides is 1. The summed E-state index contributed by atoms with van der Waals surface area (Å²) in [5, 5.41) is 5.59.